The van der Waals surface area contributed by atoms with Crippen molar-refractivity contribution >= 4 is 17.9 Å². The van der Waals surface area contributed by atoms with Crippen molar-refractivity contribution < 1.29 is 13.9 Å². The normalized spacial score (nSPS) is 9.89. The summed E-state index contributed by atoms with van der Waals surface area (Å²) in [7, 11) is 0. The van der Waals surface area contributed by atoms with Crippen molar-refractivity contribution in [1.82, 2.24) is 0 Å². The summed E-state index contributed by atoms with van der Waals surface area (Å²) in [5, 5.41) is 10.3. The topological polar surface area (TPSA) is 69.4 Å². The summed E-state index contributed by atoms with van der Waals surface area (Å²) in [4.78, 5) is 22.5. The number of nitrogens with zero attached hydrogens (tertiary/aromatic N) is 1. The lowest BCUT2D eigenvalue weighted by Gasteiger charge is -2.03. The monoisotopic (exact) mass is 275 g/mol. The number of ether oxygens (including phenoxy) is 1. The second-order valence-corrected chi connectivity index (χ2v) is 4.49. The van der Waals surface area contributed by atoms with Gasteiger partial charge in [0, 0.05) is 0 Å². The van der Waals surface area contributed by atoms with Crippen LogP contribution in [0.25, 0.3) is 0 Å². The fraction of sp³-hybridized carbons (Fsp3) is 0. The molecule has 0 N–H and O–H groups in total. The van der Waals surface area contributed by atoms with E-state index < -0.39 is 10.3 Å². The molecular formula is C13H9NO4S. The van der Waals surface area contributed by atoms with Gasteiger partial charge in [-0.2, -0.15) is 0 Å². The molecule has 0 unspecified atom stereocenters. The Morgan fingerprint density at radius 3 is 2.26 bits per heavy atom. The van der Waals surface area contributed by atoms with Crippen LogP contribution in [0.3, 0.4) is 0 Å². The number of nitro groups is 1. The maximum absolute atomic E-state index is 11.8. The van der Waals surface area contributed by atoms with E-state index >= 15 is 0 Å². The van der Waals surface area contributed by atoms with Crippen molar-refractivity contribution in [2.24, 2.45) is 0 Å². The SMILES string of the molecule is O=C(Oc1ccccc1)c1ccc(S[N+](=O)[O-])cc1. The summed E-state index contributed by atoms with van der Waals surface area (Å²) in [5.41, 5.74) is 0.344. The molecule has 0 heterocycles. The Bertz CT molecular complexity index is 583. The molecule has 0 aliphatic heterocycles. The minimum absolute atomic E-state index is 0.344. The molecule has 0 amide bonds. The smallest absolute Gasteiger partial charge is 0.343 e. The Kier molecular flexibility index (Phi) is 4.15. The van der Waals surface area contributed by atoms with Gasteiger partial charge in [0.1, 0.15) is 10.1 Å². The van der Waals surface area contributed by atoms with Gasteiger partial charge in [-0.15, -0.1) is 0 Å². The molecule has 0 aliphatic carbocycles. The summed E-state index contributed by atoms with van der Waals surface area (Å²) in [6.45, 7) is 0. The fourth-order valence-corrected chi connectivity index (χ4v) is 1.82. The molecule has 5 nitrogen and oxygen atoms in total. The Hall–Kier alpha value is -2.34. The van der Waals surface area contributed by atoms with Crippen molar-refractivity contribution in [2.75, 3.05) is 0 Å². The summed E-state index contributed by atoms with van der Waals surface area (Å²) in [5.74, 6) is -0.0416. The van der Waals surface area contributed by atoms with Gasteiger partial charge >= 0.3 is 5.97 Å². The van der Waals surface area contributed by atoms with E-state index in [1.165, 1.54) is 24.3 Å². The molecule has 0 fully saturated rings. The van der Waals surface area contributed by atoms with Crippen molar-refractivity contribution in [2.45, 2.75) is 4.90 Å². The zero-order valence-corrected chi connectivity index (χ0v) is 10.5. The molecule has 0 saturated heterocycles. The first-order valence-corrected chi connectivity index (χ1v) is 6.12. The minimum Gasteiger partial charge on any atom is -0.423 e. The summed E-state index contributed by atoms with van der Waals surface area (Å²) >= 11 is 0.493. The number of carbonyl (C=O) groups excluding carboxylic acids is 1. The lowest BCUT2D eigenvalue weighted by atomic mass is 10.2. The molecule has 6 heteroatoms. The van der Waals surface area contributed by atoms with E-state index in [4.69, 9.17) is 4.74 Å². The fourth-order valence-electron chi connectivity index (χ4n) is 1.39. The van der Waals surface area contributed by atoms with Crippen molar-refractivity contribution in [3.63, 3.8) is 0 Å². The van der Waals surface area contributed by atoms with Gasteiger partial charge in [0.15, 0.2) is 0 Å². The average molecular weight is 275 g/mol. The zero-order chi connectivity index (χ0) is 13.7. The van der Waals surface area contributed by atoms with Crippen LogP contribution >= 0.6 is 11.9 Å². The molecule has 2 rings (SSSR count). The summed E-state index contributed by atoms with van der Waals surface area (Å²) in [6, 6.07) is 14.7. The highest BCUT2D eigenvalue weighted by Gasteiger charge is 2.10. The van der Waals surface area contributed by atoms with E-state index in [1.54, 1.807) is 24.3 Å². The van der Waals surface area contributed by atoms with Crippen LogP contribution in [0, 0.1) is 10.1 Å². The summed E-state index contributed by atoms with van der Waals surface area (Å²) in [6.07, 6.45) is 0. The van der Waals surface area contributed by atoms with E-state index in [0.717, 1.165) is 0 Å². The van der Waals surface area contributed by atoms with Gasteiger partial charge in [0.25, 0.3) is 11.9 Å². The van der Waals surface area contributed by atoms with E-state index in [0.29, 0.717) is 28.2 Å². The van der Waals surface area contributed by atoms with Gasteiger partial charge in [-0.25, -0.2) is 4.79 Å². The highest BCUT2D eigenvalue weighted by atomic mass is 32.2. The first kappa shape index (κ1) is 13.1. The number of carbonyl (C=O) groups is 1. The van der Waals surface area contributed by atoms with E-state index in [9.17, 15) is 14.9 Å². The average Bonchev–Trinajstić information content (AvgIpc) is 2.40. The summed E-state index contributed by atoms with van der Waals surface area (Å²) < 4.78 is 4.64. The standard InChI is InChI=1S/C13H9NO4S/c15-13(18-11-4-2-1-3-5-11)10-6-8-12(9-7-10)19-14(16)17/h1-9H. The molecule has 0 radical (unpaired) electrons. The van der Waals surface area contributed by atoms with Crippen LogP contribution in [0.2, 0.25) is 0 Å². The van der Waals surface area contributed by atoms with Gasteiger partial charge < -0.3 is 4.74 Å². The highest BCUT2D eigenvalue weighted by molar-refractivity contribution is 7.93. The van der Waals surface area contributed by atoms with Crippen LogP contribution in [0.1, 0.15) is 10.4 Å². The predicted octanol–water partition coefficient (Wildman–Crippen LogP) is 3.19. The number of hydrogen-bond donors (Lipinski definition) is 0. The third-order valence-corrected chi connectivity index (χ3v) is 2.86. The Labute approximate surface area is 113 Å². The molecular weight excluding hydrogens is 266 g/mol. The Morgan fingerprint density at radius 1 is 1.05 bits per heavy atom. The first-order valence-electron chi connectivity index (χ1n) is 5.35. The largest absolute Gasteiger partial charge is 0.423 e. The van der Waals surface area contributed by atoms with Gasteiger partial charge in [0.2, 0.25) is 0 Å². The lowest BCUT2D eigenvalue weighted by molar-refractivity contribution is -0.284. The number of esters is 1. The maximum Gasteiger partial charge on any atom is 0.343 e. The molecule has 0 aliphatic rings. The highest BCUT2D eigenvalue weighted by Crippen LogP contribution is 2.19. The van der Waals surface area contributed by atoms with Gasteiger partial charge in [-0.05, 0) is 36.4 Å². The third-order valence-electron chi connectivity index (χ3n) is 2.22. The quantitative estimate of drug-likeness (QED) is 0.282. The lowest BCUT2D eigenvalue weighted by Crippen LogP contribution is -2.08. The van der Waals surface area contributed by atoms with Crippen molar-refractivity contribution in [3.8, 4) is 5.75 Å². The van der Waals surface area contributed by atoms with Crippen LogP contribution in [-0.2, 0) is 0 Å². The number of rotatable bonds is 4. The minimum atomic E-state index is -0.503. The molecule has 2 aromatic rings. The maximum atomic E-state index is 11.8. The predicted molar refractivity (Wildman–Crippen MR) is 70.7 cm³/mol. The second-order valence-electron chi connectivity index (χ2n) is 3.54. The molecule has 96 valence electrons. The van der Waals surface area contributed by atoms with Crippen LogP contribution in [0.15, 0.2) is 59.5 Å². The Morgan fingerprint density at radius 2 is 1.68 bits per heavy atom. The third kappa shape index (κ3) is 3.82. The molecule has 2 aromatic carbocycles. The Balaban J connectivity index is 2.05. The molecule has 19 heavy (non-hydrogen) atoms. The second kappa shape index (κ2) is 6.01. The molecule has 0 saturated carbocycles. The van der Waals surface area contributed by atoms with Gasteiger partial charge in [-0.3, -0.25) is 10.1 Å². The van der Waals surface area contributed by atoms with Crippen LogP contribution in [0.4, 0.5) is 0 Å². The molecule has 0 spiro atoms. The van der Waals surface area contributed by atoms with Crippen LogP contribution in [-0.4, -0.2) is 10.3 Å². The zero-order valence-electron chi connectivity index (χ0n) is 9.68. The van der Waals surface area contributed by atoms with Crippen molar-refractivity contribution in [1.29, 1.82) is 0 Å². The van der Waals surface area contributed by atoms with Gasteiger partial charge in [-0.1, -0.05) is 18.2 Å². The van der Waals surface area contributed by atoms with Crippen LogP contribution < -0.4 is 4.74 Å². The number of para-hydroxylation sites is 1. The first-order chi connectivity index (χ1) is 9.15. The van der Waals surface area contributed by atoms with Crippen molar-refractivity contribution in [3.05, 3.63) is 70.3 Å². The van der Waals surface area contributed by atoms with E-state index in [2.05, 4.69) is 0 Å². The van der Waals surface area contributed by atoms with E-state index in [1.807, 2.05) is 6.07 Å². The molecule has 0 atom stereocenters. The molecule has 0 aromatic heterocycles. The van der Waals surface area contributed by atoms with E-state index in [-0.39, 0.29) is 0 Å². The number of hydrogen-bond acceptors (Lipinski definition) is 5. The number of benzene rings is 2. The van der Waals surface area contributed by atoms with Crippen LogP contribution in [0.5, 0.6) is 5.75 Å². The molecule has 0 bridgehead atoms. The van der Waals surface area contributed by atoms with Gasteiger partial charge in [0.05, 0.1) is 10.5 Å².